The molecule has 1 aliphatic heterocycles. The molecule has 112 valence electrons. The lowest BCUT2D eigenvalue weighted by molar-refractivity contribution is -0.144. The highest BCUT2D eigenvalue weighted by Gasteiger charge is 2.39. The number of urea groups is 1. The Kier molecular flexibility index (Phi) is 4.15. The van der Waals surface area contributed by atoms with E-state index in [0.29, 0.717) is 12.5 Å². The van der Waals surface area contributed by atoms with Crippen molar-refractivity contribution in [3.05, 3.63) is 0 Å². The molecule has 1 saturated carbocycles. The third kappa shape index (κ3) is 3.20. The maximum atomic E-state index is 12.6. The Hall–Kier alpha value is -1.79. The molecule has 2 fully saturated rings. The maximum Gasteiger partial charge on any atom is 0.328 e. The van der Waals surface area contributed by atoms with Crippen molar-refractivity contribution in [2.45, 2.75) is 38.8 Å². The van der Waals surface area contributed by atoms with Crippen LogP contribution in [0.25, 0.3) is 0 Å². The minimum atomic E-state index is -1.09. The zero-order chi connectivity index (χ0) is 14.9. The number of piperazine rings is 1. The van der Waals surface area contributed by atoms with Crippen LogP contribution in [0.15, 0.2) is 0 Å². The maximum absolute atomic E-state index is 12.6. The molecule has 2 rings (SSSR count). The van der Waals surface area contributed by atoms with E-state index in [9.17, 15) is 19.5 Å². The van der Waals surface area contributed by atoms with Crippen molar-refractivity contribution in [3.8, 4) is 0 Å². The summed E-state index contributed by atoms with van der Waals surface area (Å²) in [6.07, 6.45) is 2.22. The molecule has 1 aliphatic carbocycles. The van der Waals surface area contributed by atoms with Crippen molar-refractivity contribution in [1.82, 2.24) is 15.1 Å². The van der Waals surface area contributed by atoms with Crippen LogP contribution in [0.2, 0.25) is 0 Å². The largest absolute Gasteiger partial charge is 0.480 e. The smallest absolute Gasteiger partial charge is 0.328 e. The number of amides is 3. The Morgan fingerprint density at radius 1 is 1.45 bits per heavy atom. The Morgan fingerprint density at radius 2 is 2.10 bits per heavy atom. The third-order valence-corrected chi connectivity index (χ3v) is 3.73. The fraction of sp³-hybridized carbons (Fsp3) is 0.769. The highest BCUT2D eigenvalue weighted by Crippen LogP contribution is 2.30. The second kappa shape index (κ2) is 5.68. The van der Waals surface area contributed by atoms with E-state index in [4.69, 9.17) is 0 Å². The first-order valence-corrected chi connectivity index (χ1v) is 6.97. The van der Waals surface area contributed by atoms with Gasteiger partial charge in [0.15, 0.2) is 0 Å². The zero-order valence-electron chi connectivity index (χ0n) is 11.8. The molecule has 1 unspecified atom stereocenters. The van der Waals surface area contributed by atoms with E-state index in [2.05, 4.69) is 5.32 Å². The Labute approximate surface area is 117 Å². The van der Waals surface area contributed by atoms with Gasteiger partial charge in [-0.25, -0.2) is 9.59 Å². The van der Waals surface area contributed by atoms with Gasteiger partial charge in [-0.1, -0.05) is 0 Å². The molecule has 1 heterocycles. The second-order valence-electron chi connectivity index (χ2n) is 5.76. The van der Waals surface area contributed by atoms with Gasteiger partial charge in [-0.15, -0.1) is 0 Å². The normalized spacial score (nSPS) is 22.6. The fourth-order valence-electron chi connectivity index (χ4n) is 2.32. The lowest BCUT2D eigenvalue weighted by Crippen LogP contribution is -2.62. The number of hydrogen-bond donors (Lipinski definition) is 2. The number of carboxylic acids is 1. The number of carbonyl (C=O) groups excluding carboxylic acids is 2. The van der Waals surface area contributed by atoms with Crippen LogP contribution in [-0.2, 0) is 9.59 Å². The van der Waals surface area contributed by atoms with E-state index in [1.165, 1.54) is 4.90 Å². The SMILES string of the molecule is CC(C)N(CC1CC1)C(=O)N1CC(=O)NCC1C(=O)O. The summed E-state index contributed by atoms with van der Waals surface area (Å²) in [6, 6.07) is -1.35. The fourth-order valence-corrected chi connectivity index (χ4v) is 2.32. The van der Waals surface area contributed by atoms with E-state index in [1.54, 1.807) is 4.90 Å². The number of rotatable bonds is 4. The molecule has 2 aliphatic rings. The third-order valence-electron chi connectivity index (χ3n) is 3.73. The predicted octanol–water partition coefficient (Wildman–Crippen LogP) is 0.112. The van der Waals surface area contributed by atoms with Crippen LogP contribution in [0, 0.1) is 5.92 Å². The summed E-state index contributed by atoms with van der Waals surface area (Å²) < 4.78 is 0. The minimum absolute atomic E-state index is 0.0115. The van der Waals surface area contributed by atoms with Crippen molar-refractivity contribution >= 4 is 17.9 Å². The molecule has 0 bridgehead atoms. The van der Waals surface area contributed by atoms with Crippen molar-refractivity contribution < 1.29 is 19.5 Å². The number of nitrogens with zero attached hydrogens (tertiary/aromatic N) is 2. The van der Waals surface area contributed by atoms with Gasteiger partial charge in [0.25, 0.3) is 0 Å². The molecule has 0 radical (unpaired) electrons. The van der Waals surface area contributed by atoms with Gasteiger partial charge in [-0.05, 0) is 32.6 Å². The van der Waals surface area contributed by atoms with E-state index >= 15 is 0 Å². The summed E-state index contributed by atoms with van der Waals surface area (Å²) in [5.41, 5.74) is 0. The first kappa shape index (κ1) is 14.6. The molecule has 0 aromatic rings. The van der Waals surface area contributed by atoms with Crippen LogP contribution in [0.3, 0.4) is 0 Å². The molecule has 0 spiro atoms. The standard InChI is InChI=1S/C13H21N3O4/c1-8(2)15(6-9-3-4-9)13(20)16-7-11(17)14-5-10(16)12(18)19/h8-10H,3-7H2,1-2H3,(H,14,17)(H,18,19). The van der Waals surface area contributed by atoms with Crippen LogP contribution in [-0.4, -0.2) is 64.5 Å². The van der Waals surface area contributed by atoms with Crippen LogP contribution < -0.4 is 5.32 Å². The zero-order valence-corrected chi connectivity index (χ0v) is 11.8. The van der Waals surface area contributed by atoms with Gasteiger partial charge in [-0.3, -0.25) is 9.69 Å². The van der Waals surface area contributed by atoms with E-state index in [1.807, 2.05) is 13.8 Å². The number of carboxylic acid groups (broad SMARTS) is 1. The van der Waals surface area contributed by atoms with Crippen molar-refractivity contribution in [2.75, 3.05) is 19.6 Å². The summed E-state index contributed by atoms with van der Waals surface area (Å²) in [7, 11) is 0. The van der Waals surface area contributed by atoms with Gasteiger partial charge in [-0.2, -0.15) is 0 Å². The second-order valence-corrected chi connectivity index (χ2v) is 5.76. The Balaban J connectivity index is 2.13. The molecular weight excluding hydrogens is 262 g/mol. The van der Waals surface area contributed by atoms with Crippen molar-refractivity contribution in [3.63, 3.8) is 0 Å². The van der Waals surface area contributed by atoms with Crippen molar-refractivity contribution in [1.29, 1.82) is 0 Å². The van der Waals surface area contributed by atoms with Crippen LogP contribution in [0.1, 0.15) is 26.7 Å². The van der Waals surface area contributed by atoms with Crippen LogP contribution >= 0.6 is 0 Å². The molecule has 3 amide bonds. The van der Waals surface area contributed by atoms with E-state index < -0.39 is 12.0 Å². The molecule has 1 atom stereocenters. The Bertz CT molecular complexity index is 420. The average molecular weight is 283 g/mol. The van der Waals surface area contributed by atoms with E-state index in [-0.39, 0.29) is 31.1 Å². The lowest BCUT2D eigenvalue weighted by Gasteiger charge is -2.38. The highest BCUT2D eigenvalue weighted by atomic mass is 16.4. The highest BCUT2D eigenvalue weighted by molar-refractivity contribution is 5.90. The monoisotopic (exact) mass is 283 g/mol. The Morgan fingerprint density at radius 3 is 2.60 bits per heavy atom. The van der Waals surface area contributed by atoms with Crippen LogP contribution in [0.5, 0.6) is 0 Å². The van der Waals surface area contributed by atoms with Gasteiger partial charge in [0.2, 0.25) is 5.91 Å². The number of nitrogens with one attached hydrogen (secondary N) is 1. The molecule has 2 N–H and O–H groups in total. The van der Waals surface area contributed by atoms with Gasteiger partial charge in [0, 0.05) is 19.1 Å². The molecular formula is C13H21N3O4. The molecule has 20 heavy (non-hydrogen) atoms. The molecule has 7 heteroatoms. The number of hydrogen-bond acceptors (Lipinski definition) is 3. The molecule has 0 aromatic carbocycles. The topological polar surface area (TPSA) is 90.0 Å². The van der Waals surface area contributed by atoms with Gasteiger partial charge < -0.3 is 15.3 Å². The molecule has 1 saturated heterocycles. The number of carbonyl (C=O) groups is 3. The van der Waals surface area contributed by atoms with Crippen molar-refractivity contribution in [2.24, 2.45) is 5.92 Å². The summed E-state index contributed by atoms with van der Waals surface area (Å²) in [5, 5.41) is 11.7. The van der Waals surface area contributed by atoms with Gasteiger partial charge >= 0.3 is 12.0 Å². The first-order valence-electron chi connectivity index (χ1n) is 6.97. The summed E-state index contributed by atoms with van der Waals surface area (Å²) in [5.74, 6) is -0.886. The van der Waals surface area contributed by atoms with E-state index in [0.717, 1.165) is 12.8 Å². The van der Waals surface area contributed by atoms with Gasteiger partial charge in [0.05, 0.1) is 0 Å². The van der Waals surface area contributed by atoms with Gasteiger partial charge in [0.1, 0.15) is 12.6 Å². The summed E-state index contributed by atoms with van der Waals surface area (Å²) >= 11 is 0. The number of aliphatic carboxylic acids is 1. The lowest BCUT2D eigenvalue weighted by atomic mass is 10.2. The summed E-state index contributed by atoms with van der Waals surface area (Å²) in [4.78, 5) is 38.1. The average Bonchev–Trinajstić information content (AvgIpc) is 3.18. The van der Waals surface area contributed by atoms with Crippen LogP contribution in [0.4, 0.5) is 4.79 Å². The molecule has 0 aromatic heterocycles. The predicted molar refractivity (Wildman–Crippen MR) is 71.1 cm³/mol. The minimum Gasteiger partial charge on any atom is -0.480 e. The quantitative estimate of drug-likeness (QED) is 0.766. The first-order chi connectivity index (χ1) is 9.40. The molecule has 7 nitrogen and oxygen atoms in total. The summed E-state index contributed by atoms with van der Waals surface area (Å²) in [6.45, 7) is 4.22.